The first-order valence-electron chi connectivity index (χ1n) is 8.05. The monoisotopic (exact) mass is 360 g/mol. The van der Waals surface area contributed by atoms with Gasteiger partial charge in [-0.1, -0.05) is 24.3 Å². The highest BCUT2D eigenvalue weighted by molar-refractivity contribution is 5.78. The van der Waals surface area contributed by atoms with E-state index in [9.17, 15) is 19.3 Å². The smallest absolute Gasteiger partial charge is 0.310 e. The summed E-state index contributed by atoms with van der Waals surface area (Å²) in [6, 6.07) is 11.8. The molecule has 1 atom stereocenters. The predicted molar refractivity (Wildman–Crippen MR) is 90.3 cm³/mol. The van der Waals surface area contributed by atoms with E-state index in [4.69, 9.17) is 9.47 Å². The van der Waals surface area contributed by atoms with Gasteiger partial charge in [-0.15, -0.1) is 0 Å². The minimum Gasteiger partial charge on any atom is -0.477 e. The Bertz CT molecular complexity index is 796. The van der Waals surface area contributed by atoms with Crippen molar-refractivity contribution in [2.45, 2.75) is 6.10 Å². The maximum atomic E-state index is 13.0. The fourth-order valence-corrected chi connectivity index (χ4v) is 2.72. The van der Waals surface area contributed by atoms with Gasteiger partial charge in [-0.05, 0) is 23.8 Å². The number of nitro groups is 1. The van der Waals surface area contributed by atoms with E-state index in [2.05, 4.69) is 0 Å². The minimum atomic E-state index is -0.556. The van der Waals surface area contributed by atoms with Crippen LogP contribution in [0.4, 0.5) is 10.1 Å². The molecule has 0 radical (unpaired) electrons. The Morgan fingerprint density at radius 2 is 2.00 bits per heavy atom. The van der Waals surface area contributed by atoms with Gasteiger partial charge < -0.3 is 14.4 Å². The van der Waals surface area contributed by atoms with Crippen LogP contribution >= 0.6 is 0 Å². The van der Waals surface area contributed by atoms with Crippen molar-refractivity contribution in [3.05, 3.63) is 70.0 Å². The van der Waals surface area contributed by atoms with Crippen LogP contribution in [0, 0.1) is 15.9 Å². The van der Waals surface area contributed by atoms with Gasteiger partial charge in [0.05, 0.1) is 18.1 Å². The van der Waals surface area contributed by atoms with Crippen LogP contribution < -0.4 is 4.74 Å². The maximum Gasteiger partial charge on any atom is 0.310 e. The Balaban J connectivity index is 1.61. The first kappa shape index (κ1) is 17.8. The molecule has 1 amide bonds. The zero-order valence-corrected chi connectivity index (χ0v) is 13.8. The molecule has 1 saturated heterocycles. The van der Waals surface area contributed by atoms with Gasteiger partial charge in [-0.25, -0.2) is 4.39 Å². The number of nitrogens with zero attached hydrogens (tertiary/aromatic N) is 2. The van der Waals surface area contributed by atoms with Gasteiger partial charge >= 0.3 is 5.69 Å². The third kappa shape index (κ3) is 4.15. The quantitative estimate of drug-likeness (QED) is 0.605. The number of morpholine rings is 1. The third-order valence-electron chi connectivity index (χ3n) is 4.07. The molecule has 3 rings (SSSR count). The number of halogens is 1. The molecular formula is C18H17FN2O5. The molecule has 2 aromatic rings. The molecule has 0 aromatic heterocycles. The van der Waals surface area contributed by atoms with Gasteiger partial charge in [0.1, 0.15) is 11.9 Å². The highest BCUT2D eigenvalue weighted by Crippen LogP contribution is 2.26. The summed E-state index contributed by atoms with van der Waals surface area (Å²) in [5, 5.41) is 11.0. The Morgan fingerprint density at radius 1 is 1.27 bits per heavy atom. The second-order valence-corrected chi connectivity index (χ2v) is 5.76. The van der Waals surface area contributed by atoms with Crippen LogP contribution in [0.25, 0.3) is 0 Å². The lowest BCUT2D eigenvalue weighted by Crippen LogP contribution is -2.44. The SMILES string of the molecule is O=C(COc1ccccc1[N+](=O)[O-])N1CCO[C@H](c2ccc(F)cc2)C1. The number of ether oxygens (including phenoxy) is 2. The molecule has 7 nitrogen and oxygen atoms in total. The lowest BCUT2D eigenvalue weighted by atomic mass is 10.1. The normalized spacial score (nSPS) is 17.0. The summed E-state index contributed by atoms with van der Waals surface area (Å²) in [4.78, 5) is 24.4. The van der Waals surface area contributed by atoms with Crippen molar-refractivity contribution < 1.29 is 23.6 Å². The van der Waals surface area contributed by atoms with Crippen molar-refractivity contribution in [3.8, 4) is 5.75 Å². The number of carbonyl (C=O) groups is 1. The number of para-hydroxylation sites is 2. The topological polar surface area (TPSA) is 81.9 Å². The van der Waals surface area contributed by atoms with Crippen LogP contribution in [0.2, 0.25) is 0 Å². The molecule has 0 spiro atoms. The highest BCUT2D eigenvalue weighted by Gasteiger charge is 2.26. The predicted octanol–water partition coefficient (Wildman–Crippen LogP) is 2.71. The molecule has 1 heterocycles. The zero-order valence-electron chi connectivity index (χ0n) is 13.8. The van der Waals surface area contributed by atoms with Gasteiger partial charge in [-0.3, -0.25) is 14.9 Å². The number of rotatable bonds is 5. The summed E-state index contributed by atoms with van der Waals surface area (Å²) in [5.74, 6) is -0.580. The van der Waals surface area contributed by atoms with Crippen molar-refractivity contribution in [1.82, 2.24) is 4.90 Å². The number of benzene rings is 2. The van der Waals surface area contributed by atoms with Gasteiger partial charge in [0.2, 0.25) is 0 Å². The second-order valence-electron chi connectivity index (χ2n) is 5.76. The Labute approximate surface area is 149 Å². The summed E-state index contributed by atoms with van der Waals surface area (Å²) in [6.45, 7) is 0.752. The third-order valence-corrected chi connectivity index (χ3v) is 4.07. The van der Waals surface area contributed by atoms with Crippen LogP contribution in [-0.4, -0.2) is 42.0 Å². The first-order chi connectivity index (χ1) is 12.5. The Kier molecular flexibility index (Phi) is 5.43. The second kappa shape index (κ2) is 7.92. The molecule has 0 aliphatic carbocycles. The number of hydrogen-bond donors (Lipinski definition) is 0. The van der Waals surface area contributed by atoms with Crippen LogP contribution in [0.5, 0.6) is 5.75 Å². The van der Waals surface area contributed by atoms with Crippen molar-refractivity contribution in [3.63, 3.8) is 0 Å². The van der Waals surface area contributed by atoms with Crippen LogP contribution in [0.1, 0.15) is 11.7 Å². The average molecular weight is 360 g/mol. The molecule has 1 fully saturated rings. The van der Waals surface area contributed by atoms with E-state index in [-0.39, 0.29) is 35.9 Å². The molecule has 26 heavy (non-hydrogen) atoms. The maximum absolute atomic E-state index is 13.0. The van der Waals surface area contributed by atoms with Crippen LogP contribution in [-0.2, 0) is 9.53 Å². The summed E-state index contributed by atoms with van der Waals surface area (Å²) >= 11 is 0. The molecule has 0 saturated carbocycles. The minimum absolute atomic E-state index is 0.0502. The summed E-state index contributed by atoms with van der Waals surface area (Å²) in [6.07, 6.45) is -0.348. The Hall–Kier alpha value is -3.00. The van der Waals surface area contributed by atoms with E-state index in [1.807, 2.05) is 0 Å². The number of nitro benzene ring substituents is 1. The lowest BCUT2D eigenvalue weighted by molar-refractivity contribution is -0.385. The van der Waals surface area contributed by atoms with Crippen LogP contribution in [0.15, 0.2) is 48.5 Å². The molecule has 2 aromatic carbocycles. The number of amides is 1. The largest absolute Gasteiger partial charge is 0.477 e. The van der Waals surface area contributed by atoms with Crippen molar-refractivity contribution in [1.29, 1.82) is 0 Å². The van der Waals surface area contributed by atoms with E-state index in [0.717, 1.165) is 5.56 Å². The fraction of sp³-hybridized carbons (Fsp3) is 0.278. The van der Waals surface area contributed by atoms with Gasteiger partial charge in [0.25, 0.3) is 5.91 Å². The lowest BCUT2D eigenvalue weighted by Gasteiger charge is -2.33. The van der Waals surface area contributed by atoms with Crippen molar-refractivity contribution >= 4 is 11.6 Å². The average Bonchev–Trinajstić information content (AvgIpc) is 2.67. The van der Waals surface area contributed by atoms with E-state index < -0.39 is 4.92 Å². The Morgan fingerprint density at radius 3 is 2.73 bits per heavy atom. The fourth-order valence-electron chi connectivity index (χ4n) is 2.72. The standard InChI is InChI=1S/C18H17FN2O5/c19-14-7-5-13(6-8-14)17-11-20(9-10-25-17)18(22)12-26-16-4-2-1-3-15(16)21(23)24/h1-8,17H,9-12H2/t17-/m0/s1. The van der Waals surface area contributed by atoms with E-state index >= 15 is 0 Å². The van der Waals surface area contributed by atoms with Crippen LogP contribution in [0.3, 0.4) is 0 Å². The van der Waals surface area contributed by atoms with Gasteiger partial charge in [0.15, 0.2) is 12.4 Å². The first-order valence-corrected chi connectivity index (χ1v) is 8.05. The summed E-state index contributed by atoms with van der Waals surface area (Å²) in [7, 11) is 0. The number of hydrogen-bond acceptors (Lipinski definition) is 5. The summed E-state index contributed by atoms with van der Waals surface area (Å²) in [5.41, 5.74) is 0.593. The van der Waals surface area contributed by atoms with Gasteiger partial charge in [-0.2, -0.15) is 0 Å². The molecule has 0 N–H and O–H groups in total. The highest BCUT2D eigenvalue weighted by atomic mass is 19.1. The molecule has 0 unspecified atom stereocenters. The van der Waals surface area contributed by atoms with E-state index in [0.29, 0.717) is 19.7 Å². The molecule has 0 bridgehead atoms. The number of carbonyl (C=O) groups excluding carboxylic acids is 1. The molecule has 136 valence electrons. The molecular weight excluding hydrogens is 343 g/mol. The molecule has 1 aliphatic rings. The van der Waals surface area contributed by atoms with Crippen molar-refractivity contribution in [2.75, 3.05) is 26.3 Å². The van der Waals surface area contributed by atoms with E-state index in [1.165, 1.54) is 30.3 Å². The summed E-state index contributed by atoms with van der Waals surface area (Å²) < 4.78 is 24.0. The molecule has 8 heteroatoms. The molecule has 1 aliphatic heterocycles. The van der Waals surface area contributed by atoms with Crippen molar-refractivity contribution in [2.24, 2.45) is 0 Å². The van der Waals surface area contributed by atoms with Gasteiger partial charge in [0, 0.05) is 12.6 Å². The zero-order chi connectivity index (χ0) is 18.5. The van der Waals surface area contributed by atoms with E-state index in [1.54, 1.807) is 23.1 Å².